The van der Waals surface area contributed by atoms with Crippen molar-refractivity contribution in [1.82, 2.24) is 9.88 Å². The van der Waals surface area contributed by atoms with E-state index < -0.39 is 0 Å². The first-order valence-corrected chi connectivity index (χ1v) is 6.99. The number of hydrogen-bond donors (Lipinski definition) is 1. The van der Waals surface area contributed by atoms with Gasteiger partial charge in [0.2, 0.25) is 0 Å². The number of carbonyl (C=O) groups is 1. The van der Waals surface area contributed by atoms with Gasteiger partial charge in [-0.3, -0.25) is 4.79 Å². The van der Waals surface area contributed by atoms with Gasteiger partial charge in [-0.2, -0.15) is 0 Å². The number of aromatic nitrogens is 1. The highest BCUT2D eigenvalue weighted by Gasteiger charge is 2.33. The number of thiazole rings is 1. The summed E-state index contributed by atoms with van der Waals surface area (Å²) in [6.45, 7) is 4.85. The summed E-state index contributed by atoms with van der Waals surface area (Å²) in [6.07, 6.45) is 4.46. The molecule has 1 aliphatic carbocycles. The standard InChI is InChI=1S/C12H19N3OS/c1-3-4-7-15(9-5-6-9)11(16)10-8(2)14-12(13)17-10/h9H,3-7H2,1-2H3,(H2,13,14). The second-order valence-corrected chi connectivity index (χ2v) is 5.58. The van der Waals surface area contributed by atoms with E-state index in [1.807, 2.05) is 11.8 Å². The van der Waals surface area contributed by atoms with Gasteiger partial charge in [0.05, 0.1) is 5.69 Å². The number of hydrogen-bond acceptors (Lipinski definition) is 4. The summed E-state index contributed by atoms with van der Waals surface area (Å²) < 4.78 is 0. The molecule has 0 spiro atoms. The zero-order valence-corrected chi connectivity index (χ0v) is 11.2. The molecule has 4 nitrogen and oxygen atoms in total. The Labute approximate surface area is 106 Å². The topological polar surface area (TPSA) is 59.2 Å². The maximum atomic E-state index is 12.4. The lowest BCUT2D eigenvalue weighted by atomic mass is 10.2. The highest BCUT2D eigenvalue weighted by molar-refractivity contribution is 7.17. The molecule has 0 aliphatic heterocycles. The Morgan fingerprint density at radius 2 is 2.29 bits per heavy atom. The van der Waals surface area contributed by atoms with Crippen LogP contribution in [0.15, 0.2) is 0 Å². The Morgan fingerprint density at radius 1 is 1.59 bits per heavy atom. The van der Waals surface area contributed by atoms with Crippen molar-refractivity contribution in [2.75, 3.05) is 12.3 Å². The Morgan fingerprint density at radius 3 is 2.76 bits per heavy atom. The van der Waals surface area contributed by atoms with Crippen molar-refractivity contribution >= 4 is 22.4 Å². The van der Waals surface area contributed by atoms with Crippen LogP contribution in [0.5, 0.6) is 0 Å². The van der Waals surface area contributed by atoms with Crippen LogP contribution in [-0.2, 0) is 0 Å². The zero-order chi connectivity index (χ0) is 12.4. The van der Waals surface area contributed by atoms with Crippen LogP contribution in [-0.4, -0.2) is 28.4 Å². The number of anilines is 1. The van der Waals surface area contributed by atoms with E-state index in [0.717, 1.165) is 37.9 Å². The van der Waals surface area contributed by atoms with E-state index in [2.05, 4.69) is 11.9 Å². The van der Waals surface area contributed by atoms with Crippen LogP contribution in [0, 0.1) is 6.92 Å². The number of carbonyl (C=O) groups excluding carboxylic acids is 1. The van der Waals surface area contributed by atoms with Crippen molar-refractivity contribution in [1.29, 1.82) is 0 Å². The van der Waals surface area contributed by atoms with Gasteiger partial charge in [-0.25, -0.2) is 4.98 Å². The molecule has 1 saturated carbocycles. The first kappa shape index (κ1) is 12.4. The molecular formula is C12H19N3OS. The number of amides is 1. The number of nitrogens with zero attached hydrogens (tertiary/aromatic N) is 2. The fourth-order valence-electron chi connectivity index (χ4n) is 1.91. The summed E-state index contributed by atoms with van der Waals surface area (Å²) in [4.78, 5) is 19.2. The molecular weight excluding hydrogens is 234 g/mol. The molecule has 1 heterocycles. The molecule has 94 valence electrons. The predicted molar refractivity (Wildman–Crippen MR) is 70.2 cm³/mol. The maximum Gasteiger partial charge on any atom is 0.266 e. The number of nitrogen functional groups attached to an aromatic ring is 1. The quantitative estimate of drug-likeness (QED) is 0.876. The van der Waals surface area contributed by atoms with Crippen molar-refractivity contribution in [3.8, 4) is 0 Å². The SMILES string of the molecule is CCCCN(C(=O)c1sc(N)nc1C)C1CC1. The Balaban J connectivity index is 2.12. The summed E-state index contributed by atoms with van der Waals surface area (Å²) in [5.41, 5.74) is 6.41. The van der Waals surface area contributed by atoms with Gasteiger partial charge in [0.15, 0.2) is 5.13 Å². The van der Waals surface area contributed by atoms with Crippen LogP contribution in [0.3, 0.4) is 0 Å². The van der Waals surface area contributed by atoms with Crippen molar-refractivity contribution in [2.45, 2.75) is 45.6 Å². The van der Waals surface area contributed by atoms with Crippen LogP contribution >= 0.6 is 11.3 Å². The summed E-state index contributed by atoms with van der Waals surface area (Å²) in [5, 5.41) is 0.483. The molecule has 1 aromatic heterocycles. The van der Waals surface area contributed by atoms with Gasteiger partial charge >= 0.3 is 0 Å². The van der Waals surface area contributed by atoms with Crippen LogP contribution in [0.1, 0.15) is 48.0 Å². The van der Waals surface area contributed by atoms with Gasteiger partial charge in [0.25, 0.3) is 5.91 Å². The minimum Gasteiger partial charge on any atom is -0.375 e. The zero-order valence-electron chi connectivity index (χ0n) is 10.4. The molecule has 1 fully saturated rings. The predicted octanol–water partition coefficient (Wildman–Crippen LogP) is 2.44. The average Bonchev–Trinajstić information content (AvgIpc) is 3.05. The number of nitrogens with two attached hydrogens (primary N) is 1. The van der Waals surface area contributed by atoms with Crippen molar-refractivity contribution in [2.24, 2.45) is 0 Å². The van der Waals surface area contributed by atoms with E-state index in [0.29, 0.717) is 16.1 Å². The third kappa shape index (κ3) is 2.77. The van der Waals surface area contributed by atoms with Crippen LogP contribution in [0.25, 0.3) is 0 Å². The molecule has 0 saturated heterocycles. The Bertz CT molecular complexity index is 412. The lowest BCUT2D eigenvalue weighted by Gasteiger charge is -2.21. The minimum absolute atomic E-state index is 0.118. The highest BCUT2D eigenvalue weighted by atomic mass is 32.1. The molecule has 1 aromatic rings. The molecule has 0 atom stereocenters. The third-order valence-corrected chi connectivity index (χ3v) is 3.98. The van der Waals surface area contributed by atoms with E-state index in [-0.39, 0.29) is 5.91 Å². The molecule has 0 bridgehead atoms. The van der Waals surface area contributed by atoms with E-state index >= 15 is 0 Å². The van der Waals surface area contributed by atoms with Crippen molar-refractivity contribution in [3.05, 3.63) is 10.6 Å². The average molecular weight is 253 g/mol. The molecule has 2 rings (SSSR count). The van der Waals surface area contributed by atoms with E-state index in [1.165, 1.54) is 11.3 Å². The fourth-order valence-corrected chi connectivity index (χ4v) is 2.70. The van der Waals surface area contributed by atoms with Gasteiger partial charge in [-0.05, 0) is 26.2 Å². The molecule has 2 N–H and O–H groups in total. The van der Waals surface area contributed by atoms with Gasteiger partial charge in [-0.1, -0.05) is 24.7 Å². The molecule has 1 amide bonds. The molecule has 1 aliphatic rings. The van der Waals surface area contributed by atoms with Crippen molar-refractivity contribution in [3.63, 3.8) is 0 Å². The lowest BCUT2D eigenvalue weighted by Crippen LogP contribution is -2.33. The Hall–Kier alpha value is -1.10. The number of rotatable bonds is 5. The first-order valence-electron chi connectivity index (χ1n) is 6.17. The Kier molecular flexibility index (Phi) is 3.66. The monoisotopic (exact) mass is 253 g/mol. The van der Waals surface area contributed by atoms with Crippen LogP contribution in [0.2, 0.25) is 0 Å². The second-order valence-electron chi connectivity index (χ2n) is 4.55. The molecule has 0 unspecified atom stereocenters. The molecule has 5 heteroatoms. The summed E-state index contributed by atoms with van der Waals surface area (Å²) >= 11 is 1.30. The van der Waals surface area contributed by atoms with Crippen LogP contribution in [0.4, 0.5) is 5.13 Å². The number of unbranched alkanes of at least 4 members (excludes halogenated alkanes) is 1. The summed E-state index contributed by atoms with van der Waals surface area (Å²) in [6, 6.07) is 0.455. The summed E-state index contributed by atoms with van der Waals surface area (Å²) in [7, 11) is 0. The van der Waals surface area contributed by atoms with Gasteiger partial charge in [0, 0.05) is 12.6 Å². The largest absolute Gasteiger partial charge is 0.375 e. The highest BCUT2D eigenvalue weighted by Crippen LogP contribution is 2.31. The summed E-state index contributed by atoms with van der Waals surface area (Å²) in [5.74, 6) is 0.118. The second kappa shape index (κ2) is 5.04. The smallest absolute Gasteiger partial charge is 0.266 e. The van der Waals surface area contributed by atoms with Gasteiger partial charge in [0.1, 0.15) is 4.88 Å². The van der Waals surface area contributed by atoms with E-state index in [1.54, 1.807) is 0 Å². The lowest BCUT2D eigenvalue weighted by molar-refractivity contribution is 0.0744. The molecule has 17 heavy (non-hydrogen) atoms. The third-order valence-electron chi connectivity index (χ3n) is 3.01. The van der Waals surface area contributed by atoms with E-state index in [9.17, 15) is 4.79 Å². The number of aryl methyl sites for hydroxylation is 1. The van der Waals surface area contributed by atoms with Crippen LogP contribution < -0.4 is 5.73 Å². The van der Waals surface area contributed by atoms with Gasteiger partial charge < -0.3 is 10.6 Å². The van der Waals surface area contributed by atoms with Gasteiger partial charge in [-0.15, -0.1) is 0 Å². The molecule has 0 aromatic carbocycles. The fraction of sp³-hybridized carbons (Fsp3) is 0.667. The minimum atomic E-state index is 0.118. The van der Waals surface area contributed by atoms with E-state index in [4.69, 9.17) is 5.73 Å². The maximum absolute atomic E-state index is 12.4. The first-order chi connectivity index (χ1) is 8.13. The van der Waals surface area contributed by atoms with Crippen molar-refractivity contribution < 1.29 is 4.79 Å². The normalized spacial score (nSPS) is 14.9. The molecule has 0 radical (unpaired) electrons.